The standard InChI is InChI=1S/C36H52N6O3Si2/c1-24-29(44-46(8,9)35(2,3)4)30(45-47(10,11)36(5,6)7)33(43-24)42-32-28(40-34(42)39-26-18-13-12-14-19-26)31(37-23-38-32)41-22-21-25-17-15-16-20-27(25)41/h12-20,23-24,29-30,33H,21-22H2,1-11H3,(H,39,40)/t24-,29-,30-,33-/m1/s1. The van der Waals surface area contributed by atoms with Crippen LogP contribution < -0.4 is 10.2 Å². The van der Waals surface area contributed by atoms with Gasteiger partial charge in [0.05, 0.1) is 6.10 Å². The van der Waals surface area contributed by atoms with Gasteiger partial charge >= 0.3 is 0 Å². The molecule has 4 heterocycles. The molecule has 0 radical (unpaired) electrons. The molecule has 1 saturated heterocycles. The van der Waals surface area contributed by atoms with Crippen molar-refractivity contribution in [3.05, 3.63) is 66.5 Å². The number of rotatable bonds is 8. The van der Waals surface area contributed by atoms with Gasteiger partial charge in [-0.3, -0.25) is 4.57 Å². The van der Waals surface area contributed by atoms with Crippen LogP contribution in [0.4, 0.5) is 23.1 Å². The van der Waals surface area contributed by atoms with Crippen molar-refractivity contribution in [3.8, 4) is 0 Å². The van der Waals surface area contributed by atoms with E-state index in [1.165, 1.54) is 5.56 Å². The highest BCUT2D eigenvalue weighted by atomic mass is 28.4. The van der Waals surface area contributed by atoms with Gasteiger partial charge in [-0.05, 0) is 73.4 Å². The molecule has 6 rings (SSSR count). The van der Waals surface area contributed by atoms with Crippen molar-refractivity contribution in [2.45, 2.75) is 116 Å². The van der Waals surface area contributed by atoms with E-state index < -0.39 is 22.9 Å². The molecule has 11 heteroatoms. The smallest absolute Gasteiger partial charge is 0.212 e. The topological polar surface area (TPSA) is 86.6 Å². The highest BCUT2D eigenvalue weighted by molar-refractivity contribution is 6.74. The van der Waals surface area contributed by atoms with Crippen molar-refractivity contribution in [3.63, 3.8) is 0 Å². The van der Waals surface area contributed by atoms with Crippen LogP contribution in [0.2, 0.25) is 36.3 Å². The first-order chi connectivity index (χ1) is 22.0. The van der Waals surface area contributed by atoms with Crippen molar-refractivity contribution in [1.82, 2.24) is 19.5 Å². The summed E-state index contributed by atoms with van der Waals surface area (Å²) in [7, 11) is -4.48. The fourth-order valence-electron chi connectivity index (χ4n) is 5.97. The van der Waals surface area contributed by atoms with E-state index in [9.17, 15) is 0 Å². The molecule has 1 N–H and O–H groups in total. The molecule has 2 aromatic carbocycles. The molecule has 2 aromatic heterocycles. The number of fused-ring (bicyclic) bond motifs is 2. The van der Waals surface area contributed by atoms with Gasteiger partial charge in [-0.25, -0.2) is 15.0 Å². The minimum Gasteiger partial charge on any atom is -0.409 e. The van der Waals surface area contributed by atoms with E-state index in [0.717, 1.165) is 35.7 Å². The maximum Gasteiger partial charge on any atom is 0.212 e. The number of anilines is 4. The molecular formula is C36H52N6O3Si2. The van der Waals surface area contributed by atoms with E-state index in [1.807, 2.05) is 30.3 Å². The van der Waals surface area contributed by atoms with Crippen LogP contribution in [-0.4, -0.2) is 61.0 Å². The monoisotopic (exact) mass is 672 g/mol. The van der Waals surface area contributed by atoms with Crippen LogP contribution in [0.25, 0.3) is 11.2 Å². The minimum absolute atomic E-state index is 0.00842. The summed E-state index contributed by atoms with van der Waals surface area (Å²) in [5.74, 6) is 1.42. The predicted molar refractivity (Wildman–Crippen MR) is 196 cm³/mol. The summed E-state index contributed by atoms with van der Waals surface area (Å²) in [5, 5.41) is 3.62. The Morgan fingerprint density at radius 2 is 1.45 bits per heavy atom. The lowest BCUT2D eigenvalue weighted by Crippen LogP contribution is -2.53. The largest absolute Gasteiger partial charge is 0.409 e. The third-order valence-corrected chi connectivity index (χ3v) is 19.7. The Labute approximate surface area is 282 Å². The molecule has 0 bridgehead atoms. The molecule has 0 unspecified atom stereocenters. The minimum atomic E-state index is -2.29. The van der Waals surface area contributed by atoms with E-state index >= 15 is 0 Å². The lowest BCUT2D eigenvalue weighted by Gasteiger charge is -2.44. The number of nitrogens with one attached hydrogen (secondary N) is 1. The third kappa shape index (κ3) is 6.28. The molecule has 2 aliphatic heterocycles. The Kier molecular flexibility index (Phi) is 8.70. The van der Waals surface area contributed by atoms with Crippen LogP contribution in [-0.2, 0) is 20.0 Å². The quantitative estimate of drug-likeness (QED) is 0.186. The van der Waals surface area contributed by atoms with Gasteiger partial charge in [-0.2, -0.15) is 0 Å². The van der Waals surface area contributed by atoms with E-state index in [0.29, 0.717) is 11.6 Å². The van der Waals surface area contributed by atoms with Gasteiger partial charge in [0.1, 0.15) is 18.5 Å². The SMILES string of the molecule is C[C@H]1O[C@@H](n2c(Nc3ccccc3)nc3c(N4CCc5ccccc54)ncnc32)[C@H](O[Si](C)(C)C(C)(C)C)[C@@H]1O[Si](C)(C)C(C)(C)C. The molecule has 0 saturated carbocycles. The summed E-state index contributed by atoms with van der Waals surface area (Å²) < 4.78 is 23.6. The van der Waals surface area contributed by atoms with Crippen molar-refractivity contribution in [2.24, 2.45) is 0 Å². The Morgan fingerprint density at radius 3 is 2.11 bits per heavy atom. The molecule has 252 valence electrons. The van der Waals surface area contributed by atoms with Crippen molar-refractivity contribution >= 4 is 50.9 Å². The number of benzene rings is 2. The van der Waals surface area contributed by atoms with E-state index in [-0.39, 0.29) is 28.4 Å². The van der Waals surface area contributed by atoms with Gasteiger partial charge in [-0.1, -0.05) is 77.9 Å². The molecule has 0 amide bonds. The summed E-state index contributed by atoms with van der Waals surface area (Å²) in [6, 6.07) is 18.6. The maximum atomic E-state index is 7.35. The zero-order valence-corrected chi connectivity index (χ0v) is 32.0. The van der Waals surface area contributed by atoms with Crippen LogP contribution in [0.1, 0.15) is 60.3 Å². The zero-order valence-electron chi connectivity index (χ0n) is 30.0. The van der Waals surface area contributed by atoms with Crippen LogP contribution in [0, 0.1) is 0 Å². The van der Waals surface area contributed by atoms with Crippen LogP contribution >= 0.6 is 0 Å². The highest BCUT2D eigenvalue weighted by Gasteiger charge is 2.54. The first-order valence-electron chi connectivity index (χ1n) is 16.9. The molecule has 4 atom stereocenters. The molecule has 47 heavy (non-hydrogen) atoms. The molecule has 1 fully saturated rings. The predicted octanol–water partition coefficient (Wildman–Crippen LogP) is 8.96. The highest BCUT2D eigenvalue weighted by Crippen LogP contribution is 2.47. The number of hydrogen-bond acceptors (Lipinski definition) is 8. The Bertz CT molecular complexity index is 1730. The van der Waals surface area contributed by atoms with Gasteiger partial charge in [0, 0.05) is 17.9 Å². The number of ether oxygens (including phenoxy) is 1. The second kappa shape index (κ2) is 12.1. The summed E-state index contributed by atoms with van der Waals surface area (Å²) in [5.41, 5.74) is 4.81. The number of para-hydroxylation sites is 2. The second-order valence-corrected chi connectivity index (χ2v) is 25.6. The van der Waals surface area contributed by atoms with Crippen LogP contribution in [0.5, 0.6) is 0 Å². The van der Waals surface area contributed by atoms with Crippen molar-refractivity contribution < 1.29 is 13.6 Å². The number of nitrogens with zero attached hydrogens (tertiary/aromatic N) is 5. The summed E-state index contributed by atoms with van der Waals surface area (Å²) >= 11 is 0. The molecule has 2 aliphatic rings. The molecule has 0 spiro atoms. The second-order valence-electron chi connectivity index (χ2n) is 16.1. The Balaban J connectivity index is 1.52. The lowest BCUT2D eigenvalue weighted by molar-refractivity contribution is -0.0246. The summed E-state index contributed by atoms with van der Waals surface area (Å²) in [6.07, 6.45) is 1.23. The number of imidazole rings is 1. The van der Waals surface area contributed by atoms with E-state index in [4.69, 9.17) is 28.5 Å². The van der Waals surface area contributed by atoms with Crippen LogP contribution in [0.15, 0.2) is 60.9 Å². The fourth-order valence-corrected chi connectivity index (χ4v) is 8.61. The Morgan fingerprint density at radius 1 is 0.830 bits per heavy atom. The number of hydrogen-bond donors (Lipinski definition) is 1. The molecule has 9 nitrogen and oxygen atoms in total. The molecular weight excluding hydrogens is 621 g/mol. The summed E-state index contributed by atoms with van der Waals surface area (Å²) in [4.78, 5) is 17.2. The van der Waals surface area contributed by atoms with Crippen molar-refractivity contribution in [1.29, 1.82) is 0 Å². The number of aromatic nitrogens is 4. The van der Waals surface area contributed by atoms with Gasteiger partial charge in [0.25, 0.3) is 0 Å². The van der Waals surface area contributed by atoms with Gasteiger partial charge in [-0.15, -0.1) is 0 Å². The van der Waals surface area contributed by atoms with Crippen LogP contribution in [0.3, 0.4) is 0 Å². The van der Waals surface area contributed by atoms with E-state index in [2.05, 4.69) is 114 Å². The van der Waals surface area contributed by atoms with Crippen molar-refractivity contribution in [2.75, 3.05) is 16.8 Å². The zero-order chi connectivity index (χ0) is 33.9. The average Bonchev–Trinajstić information content (AvgIpc) is 3.66. The average molecular weight is 673 g/mol. The van der Waals surface area contributed by atoms with Gasteiger partial charge < -0.3 is 23.8 Å². The Hall–Kier alpha value is -3.10. The third-order valence-electron chi connectivity index (χ3n) is 10.8. The summed E-state index contributed by atoms with van der Waals surface area (Å²) in [6.45, 7) is 25.8. The molecule has 0 aliphatic carbocycles. The first-order valence-corrected chi connectivity index (χ1v) is 22.7. The fraction of sp³-hybridized carbons (Fsp3) is 0.528. The van der Waals surface area contributed by atoms with Gasteiger partial charge in [0.2, 0.25) is 5.95 Å². The van der Waals surface area contributed by atoms with E-state index in [1.54, 1.807) is 6.33 Å². The molecule has 4 aromatic rings. The lowest BCUT2D eigenvalue weighted by atomic mass is 10.1. The normalized spacial score (nSPS) is 22.2. The van der Waals surface area contributed by atoms with Gasteiger partial charge in [0.15, 0.2) is 39.8 Å². The first kappa shape index (κ1) is 33.8. The maximum absolute atomic E-state index is 7.35.